The SMILES string of the molecule is CN1CNC(C2CC(Cl)C(F)C(C(=O)NNS(=O)(=O)CC3CCCC(N(C)C(=O)OC(C)(C)C)C3)C2)C1. The van der Waals surface area contributed by atoms with Crippen LogP contribution in [-0.4, -0.2) is 92.5 Å². The Kier molecular flexibility index (Phi) is 10.1. The van der Waals surface area contributed by atoms with Crippen LogP contribution >= 0.6 is 11.6 Å². The molecule has 0 spiro atoms. The second-order valence-corrected chi connectivity index (χ2v) is 14.3. The van der Waals surface area contributed by atoms with Gasteiger partial charge in [-0.2, -0.15) is 0 Å². The van der Waals surface area contributed by atoms with Crippen molar-refractivity contribution in [2.45, 2.75) is 88.5 Å². The van der Waals surface area contributed by atoms with Crippen molar-refractivity contribution in [3.8, 4) is 0 Å². The van der Waals surface area contributed by atoms with Crippen LogP contribution < -0.4 is 15.6 Å². The van der Waals surface area contributed by atoms with Crippen molar-refractivity contribution in [1.29, 1.82) is 0 Å². The minimum absolute atomic E-state index is 0.0212. The lowest BCUT2D eigenvalue weighted by Gasteiger charge is -2.37. The van der Waals surface area contributed by atoms with Gasteiger partial charge in [-0.1, -0.05) is 6.42 Å². The fourth-order valence-electron chi connectivity index (χ4n) is 5.68. The largest absolute Gasteiger partial charge is 0.444 e. The van der Waals surface area contributed by atoms with E-state index in [1.165, 1.54) is 0 Å². The van der Waals surface area contributed by atoms with Gasteiger partial charge < -0.3 is 9.64 Å². The average molecular weight is 568 g/mol. The molecule has 3 rings (SSSR count). The summed E-state index contributed by atoms with van der Waals surface area (Å²) in [6, 6.07) is -0.0162. The van der Waals surface area contributed by atoms with Crippen molar-refractivity contribution in [2.75, 3.05) is 33.1 Å². The number of nitrogens with zero attached hydrogens (tertiary/aromatic N) is 2. The van der Waals surface area contributed by atoms with Crippen LogP contribution in [0.1, 0.15) is 59.3 Å². The molecule has 2 saturated carbocycles. The van der Waals surface area contributed by atoms with E-state index in [0.29, 0.717) is 25.7 Å². The zero-order valence-corrected chi connectivity index (χ0v) is 24.1. The number of alkyl halides is 2. The minimum atomic E-state index is -3.87. The Bertz CT molecular complexity index is 920. The predicted molar refractivity (Wildman–Crippen MR) is 140 cm³/mol. The van der Waals surface area contributed by atoms with Gasteiger partial charge in [0.15, 0.2) is 0 Å². The quantitative estimate of drug-likeness (QED) is 0.319. The van der Waals surface area contributed by atoms with Crippen LogP contribution in [0.4, 0.5) is 9.18 Å². The third-order valence-corrected chi connectivity index (χ3v) is 9.36. The molecular weight excluding hydrogens is 525 g/mol. The van der Waals surface area contributed by atoms with Crippen molar-refractivity contribution in [3.05, 3.63) is 0 Å². The molecule has 2 amide bonds. The lowest BCUT2D eigenvalue weighted by atomic mass is 9.76. The van der Waals surface area contributed by atoms with Gasteiger partial charge in [-0.15, -0.1) is 16.4 Å². The number of amides is 2. The molecule has 37 heavy (non-hydrogen) atoms. The molecule has 0 radical (unpaired) electrons. The highest BCUT2D eigenvalue weighted by Crippen LogP contribution is 2.37. The summed E-state index contributed by atoms with van der Waals surface area (Å²) < 4.78 is 45.8. The number of hydrogen-bond donors (Lipinski definition) is 3. The number of nitrogens with one attached hydrogen (secondary N) is 3. The van der Waals surface area contributed by atoms with Gasteiger partial charge in [0.25, 0.3) is 0 Å². The van der Waals surface area contributed by atoms with Gasteiger partial charge in [0.05, 0.1) is 17.0 Å². The summed E-state index contributed by atoms with van der Waals surface area (Å²) in [4.78, 5) is 31.1. The fourth-order valence-corrected chi connectivity index (χ4v) is 7.35. The number of halogens is 2. The molecule has 7 unspecified atom stereocenters. The zero-order chi connectivity index (χ0) is 27.5. The Labute approximate surface area is 225 Å². The van der Waals surface area contributed by atoms with Gasteiger partial charge in [-0.25, -0.2) is 17.6 Å². The molecule has 7 atom stereocenters. The summed E-state index contributed by atoms with van der Waals surface area (Å²) in [5.74, 6) is -2.10. The predicted octanol–water partition coefficient (Wildman–Crippen LogP) is 2.20. The van der Waals surface area contributed by atoms with E-state index in [-0.39, 0.29) is 29.7 Å². The number of carbonyl (C=O) groups is 2. The van der Waals surface area contributed by atoms with Crippen molar-refractivity contribution >= 4 is 33.6 Å². The van der Waals surface area contributed by atoms with E-state index in [2.05, 4.69) is 20.5 Å². The first-order chi connectivity index (χ1) is 17.1. The lowest BCUT2D eigenvalue weighted by Crippen LogP contribution is -2.52. The molecule has 10 nitrogen and oxygen atoms in total. The molecule has 0 bridgehead atoms. The van der Waals surface area contributed by atoms with Crippen LogP contribution in [0.5, 0.6) is 0 Å². The number of likely N-dealkylation sites (N-methyl/N-ethyl adjacent to an activating group) is 1. The smallest absolute Gasteiger partial charge is 0.410 e. The van der Waals surface area contributed by atoms with Gasteiger partial charge in [-0.05, 0) is 71.8 Å². The fraction of sp³-hybridized carbons (Fsp3) is 0.917. The highest BCUT2D eigenvalue weighted by atomic mass is 35.5. The molecule has 0 aromatic rings. The van der Waals surface area contributed by atoms with Gasteiger partial charge in [0, 0.05) is 32.3 Å². The highest BCUT2D eigenvalue weighted by Gasteiger charge is 2.44. The number of hydrogen-bond acceptors (Lipinski definition) is 7. The molecule has 2 aliphatic carbocycles. The maximum atomic E-state index is 14.9. The molecule has 1 aliphatic heterocycles. The van der Waals surface area contributed by atoms with Crippen molar-refractivity contribution in [1.82, 2.24) is 25.4 Å². The van der Waals surface area contributed by atoms with Crippen LogP contribution in [0, 0.1) is 17.8 Å². The Hall–Kier alpha value is -1.21. The molecule has 1 heterocycles. The average Bonchev–Trinajstić information content (AvgIpc) is 3.23. The van der Waals surface area contributed by atoms with Gasteiger partial charge >= 0.3 is 6.09 Å². The number of carbonyl (C=O) groups excluding carboxylic acids is 2. The number of rotatable bonds is 7. The monoisotopic (exact) mass is 567 g/mol. The summed E-state index contributed by atoms with van der Waals surface area (Å²) >= 11 is 6.26. The molecule has 1 saturated heterocycles. The van der Waals surface area contributed by atoms with Crippen LogP contribution in [0.2, 0.25) is 0 Å². The molecule has 3 aliphatic rings. The van der Waals surface area contributed by atoms with E-state index in [1.807, 2.05) is 7.05 Å². The van der Waals surface area contributed by atoms with E-state index in [4.69, 9.17) is 16.3 Å². The number of hydrazine groups is 1. The highest BCUT2D eigenvalue weighted by molar-refractivity contribution is 7.89. The van der Waals surface area contributed by atoms with Crippen molar-refractivity contribution in [3.63, 3.8) is 0 Å². The molecule has 0 aromatic carbocycles. The standard InChI is InChI=1S/C24H43ClFN5O5S/c1-24(2,3)36-23(33)31(5)17-8-6-7-15(9-17)13-37(34,35)29-28-22(32)18-10-16(11-19(25)21(18)26)20-12-30(4)14-27-20/h15-21,27,29H,6-14H2,1-5H3,(H,28,32). The van der Waals surface area contributed by atoms with E-state index in [9.17, 15) is 22.4 Å². The van der Waals surface area contributed by atoms with E-state index in [0.717, 1.165) is 26.1 Å². The topological polar surface area (TPSA) is 120 Å². The van der Waals surface area contributed by atoms with E-state index in [1.54, 1.807) is 32.7 Å². The Balaban J connectivity index is 1.52. The summed E-state index contributed by atoms with van der Waals surface area (Å²) in [7, 11) is -0.222. The van der Waals surface area contributed by atoms with E-state index >= 15 is 0 Å². The molecule has 214 valence electrons. The molecule has 3 fully saturated rings. The van der Waals surface area contributed by atoms with Crippen LogP contribution in [0.15, 0.2) is 0 Å². The summed E-state index contributed by atoms with van der Waals surface area (Å²) in [5, 5.41) is 2.57. The summed E-state index contributed by atoms with van der Waals surface area (Å²) in [6.45, 7) is 6.90. The Morgan fingerprint density at radius 1 is 1.22 bits per heavy atom. The Morgan fingerprint density at radius 2 is 1.92 bits per heavy atom. The maximum absolute atomic E-state index is 14.9. The second kappa shape index (κ2) is 12.3. The third-order valence-electron chi connectivity index (χ3n) is 7.62. The van der Waals surface area contributed by atoms with Crippen molar-refractivity contribution in [2.24, 2.45) is 17.8 Å². The minimum Gasteiger partial charge on any atom is -0.444 e. The zero-order valence-electron chi connectivity index (χ0n) is 22.5. The molecule has 3 N–H and O–H groups in total. The van der Waals surface area contributed by atoms with Crippen molar-refractivity contribution < 1.29 is 27.1 Å². The molecular formula is C24H43ClFN5O5S. The molecule has 0 aromatic heterocycles. The first-order valence-corrected chi connectivity index (χ1v) is 15.2. The normalized spacial score (nSPS) is 33.6. The first-order valence-electron chi connectivity index (χ1n) is 13.1. The van der Waals surface area contributed by atoms with E-state index < -0.39 is 45.1 Å². The van der Waals surface area contributed by atoms with Gasteiger partial charge in [-0.3, -0.25) is 20.4 Å². The van der Waals surface area contributed by atoms with Crippen LogP contribution in [0.25, 0.3) is 0 Å². The lowest BCUT2D eigenvalue weighted by molar-refractivity contribution is -0.129. The van der Waals surface area contributed by atoms with Gasteiger partial charge in [0.2, 0.25) is 15.9 Å². The third kappa shape index (κ3) is 8.64. The maximum Gasteiger partial charge on any atom is 0.410 e. The summed E-state index contributed by atoms with van der Waals surface area (Å²) in [5.41, 5.74) is 1.62. The molecule has 13 heteroatoms. The van der Waals surface area contributed by atoms with Crippen LogP contribution in [0.3, 0.4) is 0 Å². The second-order valence-electron chi connectivity index (χ2n) is 12.0. The first kappa shape index (κ1) is 30.3. The van der Waals surface area contributed by atoms with Crippen LogP contribution in [-0.2, 0) is 19.6 Å². The number of ether oxygens (including phenoxy) is 1. The van der Waals surface area contributed by atoms with Gasteiger partial charge in [0.1, 0.15) is 11.8 Å². The number of sulfonamides is 1. The Morgan fingerprint density at radius 3 is 2.54 bits per heavy atom. The summed E-state index contributed by atoms with van der Waals surface area (Å²) in [6.07, 6.45) is 1.52.